The number of hydrogen-bond donors (Lipinski definition) is 1. The number of aliphatic hydroxyl groups is 1. The van der Waals surface area contributed by atoms with Crippen LogP contribution in [0.15, 0.2) is 0 Å². The van der Waals surface area contributed by atoms with Crippen molar-refractivity contribution in [3.63, 3.8) is 0 Å². The van der Waals surface area contributed by atoms with E-state index < -0.39 is 18.0 Å². The van der Waals surface area contributed by atoms with Gasteiger partial charge in [-0.05, 0) is 12.8 Å². The third kappa shape index (κ3) is 2.92. The van der Waals surface area contributed by atoms with E-state index in [1.165, 1.54) is 6.92 Å². The molecule has 15 heavy (non-hydrogen) atoms. The Hall–Kier alpha value is -1.10. The fourth-order valence-electron chi connectivity index (χ4n) is 0.485. The monoisotopic (exact) mass is 236 g/mol. The SMILES string of the molecule is CCOC#CC(O)(C(F)(F)F)C(F)(F)F. The summed E-state index contributed by atoms with van der Waals surface area (Å²) in [5, 5.41) is 8.41. The highest BCUT2D eigenvalue weighted by atomic mass is 19.4. The van der Waals surface area contributed by atoms with Crippen LogP contribution in [0.2, 0.25) is 0 Å². The zero-order chi connectivity index (χ0) is 12.3. The average Bonchev–Trinajstić information content (AvgIpc) is 2.00. The predicted octanol–water partition coefficient (Wildman–Crippen LogP) is 1.84. The molecular weight excluding hydrogens is 230 g/mol. The van der Waals surface area contributed by atoms with E-state index >= 15 is 0 Å². The van der Waals surface area contributed by atoms with Crippen molar-refractivity contribution in [1.82, 2.24) is 0 Å². The first kappa shape index (κ1) is 13.9. The molecule has 0 amide bonds. The van der Waals surface area contributed by atoms with Gasteiger partial charge < -0.3 is 9.84 Å². The molecule has 0 bridgehead atoms. The number of hydrogen-bond acceptors (Lipinski definition) is 2. The minimum atomic E-state index is -5.94. The number of rotatable bonds is 1. The van der Waals surface area contributed by atoms with Crippen molar-refractivity contribution in [2.75, 3.05) is 6.61 Å². The van der Waals surface area contributed by atoms with Gasteiger partial charge in [0.25, 0.3) is 0 Å². The molecule has 0 rings (SSSR count). The molecule has 0 unspecified atom stereocenters. The normalized spacial score (nSPS) is 13.1. The van der Waals surface area contributed by atoms with Crippen molar-refractivity contribution in [1.29, 1.82) is 0 Å². The van der Waals surface area contributed by atoms with Gasteiger partial charge in [-0.25, -0.2) is 0 Å². The summed E-state index contributed by atoms with van der Waals surface area (Å²) in [4.78, 5) is 0. The van der Waals surface area contributed by atoms with Crippen LogP contribution in [-0.2, 0) is 4.74 Å². The summed E-state index contributed by atoms with van der Waals surface area (Å²) in [6.07, 6.45) is -10.7. The molecule has 2 nitrogen and oxygen atoms in total. The standard InChI is InChI=1S/C7H6F6O2/c1-2-15-4-3-5(14,6(8,9)10)7(11,12)13/h14H,2H2,1H3. The number of ether oxygens (including phenoxy) is 1. The van der Waals surface area contributed by atoms with Crippen LogP contribution < -0.4 is 0 Å². The Morgan fingerprint density at radius 2 is 1.47 bits per heavy atom. The Morgan fingerprint density at radius 1 is 1.07 bits per heavy atom. The molecule has 0 radical (unpaired) electrons. The zero-order valence-corrected chi connectivity index (χ0v) is 7.33. The Bertz CT molecular complexity index is 254. The highest BCUT2D eigenvalue weighted by molar-refractivity contribution is 5.18. The lowest BCUT2D eigenvalue weighted by Crippen LogP contribution is -2.55. The molecule has 0 aromatic heterocycles. The molecule has 0 fully saturated rings. The summed E-state index contributed by atoms with van der Waals surface area (Å²) in [6.45, 7) is 1.12. The van der Waals surface area contributed by atoms with E-state index in [0.717, 1.165) is 6.11 Å². The van der Waals surface area contributed by atoms with Crippen LogP contribution in [0.25, 0.3) is 0 Å². The molecule has 0 heterocycles. The molecular formula is C7H6F6O2. The summed E-state index contributed by atoms with van der Waals surface area (Å²) in [5.74, 6) is 0.610. The van der Waals surface area contributed by atoms with Crippen LogP contribution in [0.1, 0.15) is 6.92 Å². The molecule has 8 heteroatoms. The van der Waals surface area contributed by atoms with Crippen LogP contribution in [-0.4, -0.2) is 29.7 Å². The summed E-state index contributed by atoms with van der Waals surface area (Å²) < 4.78 is 75.4. The molecule has 0 aliphatic heterocycles. The van der Waals surface area contributed by atoms with Gasteiger partial charge in [0.15, 0.2) is 0 Å². The maximum absolute atomic E-state index is 11.9. The van der Waals surface area contributed by atoms with E-state index in [1.54, 1.807) is 0 Å². The van der Waals surface area contributed by atoms with E-state index in [1.807, 2.05) is 0 Å². The van der Waals surface area contributed by atoms with Crippen LogP contribution in [0, 0.1) is 12.0 Å². The molecule has 1 N–H and O–H groups in total. The van der Waals surface area contributed by atoms with Crippen LogP contribution >= 0.6 is 0 Å². The minimum Gasteiger partial charge on any atom is -0.447 e. The minimum absolute atomic E-state index is 0.196. The first-order valence-electron chi connectivity index (χ1n) is 3.56. The van der Waals surface area contributed by atoms with Gasteiger partial charge in [0.2, 0.25) is 0 Å². The van der Waals surface area contributed by atoms with Crippen LogP contribution in [0.5, 0.6) is 0 Å². The van der Waals surface area contributed by atoms with Gasteiger partial charge in [0, 0.05) is 0 Å². The zero-order valence-electron chi connectivity index (χ0n) is 7.33. The van der Waals surface area contributed by atoms with E-state index in [-0.39, 0.29) is 6.61 Å². The fraction of sp³-hybridized carbons (Fsp3) is 0.714. The first-order valence-corrected chi connectivity index (χ1v) is 3.56. The highest BCUT2D eigenvalue weighted by Crippen LogP contribution is 2.42. The maximum atomic E-state index is 11.9. The van der Waals surface area contributed by atoms with Gasteiger partial charge in [0.05, 0.1) is 6.61 Å². The quantitative estimate of drug-likeness (QED) is 0.556. The third-order valence-electron chi connectivity index (χ3n) is 1.27. The van der Waals surface area contributed by atoms with Crippen molar-refractivity contribution in [2.24, 2.45) is 0 Å². The molecule has 0 atom stereocenters. The summed E-state index contributed by atoms with van der Waals surface area (Å²) in [5.41, 5.74) is -5.06. The van der Waals surface area contributed by atoms with Crippen molar-refractivity contribution < 1.29 is 36.2 Å². The van der Waals surface area contributed by atoms with Gasteiger partial charge in [-0.2, -0.15) is 26.3 Å². The molecule has 88 valence electrons. The molecule has 0 aliphatic rings. The van der Waals surface area contributed by atoms with Gasteiger partial charge >= 0.3 is 18.0 Å². The van der Waals surface area contributed by atoms with E-state index in [0.29, 0.717) is 5.92 Å². The fourth-order valence-corrected chi connectivity index (χ4v) is 0.485. The molecule has 0 aromatic rings. The second-order valence-corrected chi connectivity index (χ2v) is 2.37. The average molecular weight is 236 g/mol. The first-order chi connectivity index (χ1) is 6.56. The molecule has 0 saturated heterocycles. The van der Waals surface area contributed by atoms with Crippen LogP contribution in [0.3, 0.4) is 0 Å². The Morgan fingerprint density at radius 3 is 1.73 bits per heavy atom. The third-order valence-corrected chi connectivity index (χ3v) is 1.27. The maximum Gasteiger partial charge on any atom is 0.438 e. The van der Waals surface area contributed by atoms with Gasteiger partial charge in [-0.3, -0.25) is 0 Å². The van der Waals surface area contributed by atoms with Crippen molar-refractivity contribution in [3.05, 3.63) is 0 Å². The smallest absolute Gasteiger partial charge is 0.438 e. The summed E-state index contributed by atoms with van der Waals surface area (Å²) >= 11 is 0. The lowest BCUT2D eigenvalue weighted by molar-refractivity contribution is -0.343. The van der Waals surface area contributed by atoms with Crippen molar-refractivity contribution >= 4 is 0 Å². The largest absolute Gasteiger partial charge is 0.447 e. The topological polar surface area (TPSA) is 29.5 Å². The number of alkyl halides is 6. The second kappa shape index (κ2) is 4.18. The predicted molar refractivity (Wildman–Crippen MR) is 36.5 cm³/mol. The molecule has 0 aliphatic carbocycles. The number of halogens is 6. The van der Waals surface area contributed by atoms with Crippen molar-refractivity contribution in [3.8, 4) is 12.0 Å². The van der Waals surface area contributed by atoms with Gasteiger partial charge in [-0.1, -0.05) is 0 Å². The van der Waals surface area contributed by atoms with Crippen molar-refractivity contribution in [2.45, 2.75) is 24.9 Å². The Kier molecular flexibility index (Phi) is 3.88. The Labute approximate surface area is 80.8 Å². The molecule has 0 aromatic carbocycles. The van der Waals surface area contributed by atoms with Gasteiger partial charge in [0.1, 0.15) is 6.11 Å². The molecule has 0 saturated carbocycles. The molecule has 0 spiro atoms. The van der Waals surface area contributed by atoms with E-state index in [2.05, 4.69) is 4.74 Å². The van der Waals surface area contributed by atoms with E-state index in [9.17, 15) is 26.3 Å². The lowest BCUT2D eigenvalue weighted by atomic mass is 10.1. The highest BCUT2D eigenvalue weighted by Gasteiger charge is 2.70. The Balaban J connectivity index is 5.19. The lowest BCUT2D eigenvalue weighted by Gasteiger charge is -2.26. The van der Waals surface area contributed by atoms with E-state index in [4.69, 9.17) is 5.11 Å². The van der Waals surface area contributed by atoms with Gasteiger partial charge in [-0.15, -0.1) is 0 Å². The summed E-state index contributed by atoms with van der Waals surface area (Å²) in [6, 6.07) is 0. The summed E-state index contributed by atoms with van der Waals surface area (Å²) in [7, 11) is 0. The second-order valence-electron chi connectivity index (χ2n) is 2.37. The van der Waals surface area contributed by atoms with Crippen LogP contribution in [0.4, 0.5) is 26.3 Å².